The van der Waals surface area contributed by atoms with Crippen LogP contribution in [0.5, 0.6) is 0 Å². The zero-order valence-electron chi connectivity index (χ0n) is 10.2. The van der Waals surface area contributed by atoms with Crippen molar-refractivity contribution in [3.05, 3.63) is 17.7 Å². The van der Waals surface area contributed by atoms with Crippen LogP contribution in [0, 0.1) is 0 Å². The Labute approximate surface area is 107 Å². The van der Waals surface area contributed by atoms with Gasteiger partial charge in [0.05, 0.1) is 12.1 Å². The Morgan fingerprint density at radius 2 is 2.16 bits per heavy atom. The standard InChI is InChI=1S/C11H13F3N4O/c1-15-8-4-7(11(12,13)14)5-9(17-8)18-3-2-16-10(19)6-18/h4-5H,2-3,6H2,1H3,(H,15,17)(H,16,19). The number of aromatic nitrogens is 1. The van der Waals surface area contributed by atoms with Crippen LogP contribution in [0.3, 0.4) is 0 Å². The van der Waals surface area contributed by atoms with Gasteiger partial charge >= 0.3 is 6.18 Å². The molecule has 0 saturated carbocycles. The second-order valence-corrected chi connectivity index (χ2v) is 4.12. The minimum atomic E-state index is -4.44. The molecular formula is C11H13F3N4O. The summed E-state index contributed by atoms with van der Waals surface area (Å²) in [7, 11) is 1.50. The second kappa shape index (κ2) is 4.94. The number of hydrogen-bond acceptors (Lipinski definition) is 4. The highest BCUT2D eigenvalue weighted by Crippen LogP contribution is 2.32. The van der Waals surface area contributed by atoms with E-state index in [2.05, 4.69) is 15.6 Å². The van der Waals surface area contributed by atoms with Gasteiger partial charge in [-0.2, -0.15) is 13.2 Å². The molecule has 5 nitrogen and oxygen atoms in total. The smallest absolute Gasteiger partial charge is 0.373 e. The molecule has 19 heavy (non-hydrogen) atoms. The van der Waals surface area contributed by atoms with Gasteiger partial charge < -0.3 is 15.5 Å². The molecule has 0 unspecified atom stereocenters. The number of piperazine rings is 1. The molecule has 1 aliphatic rings. The fourth-order valence-corrected chi connectivity index (χ4v) is 1.80. The minimum Gasteiger partial charge on any atom is -0.373 e. The van der Waals surface area contributed by atoms with Gasteiger partial charge in [-0.15, -0.1) is 0 Å². The summed E-state index contributed by atoms with van der Waals surface area (Å²) in [5, 5.41) is 5.20. The number of carbonyl (C=O) groups is 1. The molecule has 2 rings (SSSR count). The Bertz CT molecular complexity index is 489. The molecule has 1 saturated heterocycles. The van der Waals surface area contributed by atoms with Gasteiger partial charge in [-0.1, -0.05) is 0 Å². The van der Waals surface area contributed by atoms with Gasteiger partial charge in [-0.3, -0.25) is 4.79 Å². The summed E-state index contributed by atoms with van der Waals surface area (Å²) < 4.78 is 38.3. The van der Waals surface area contributed by atoms with E-state index in [9.17, 15) is 18.0 Å². The van der Waals surface area contributed by atoms with Gasteiger partial charge in [0.15, 0.2) is 0 Å². The predicted octanol–water partition coefficient (Wildman–Crippen LogP) is 1.08. The molecule has 0 aromatic carbocycles. The summed E-state index contributed by atoms with van der Waals surface area (Å²) in [6, 6.07) is 1.90. The van der Waals surface area contributed by atoms with Crippen molar-refractivity contribution in [1.82, 2.24) is 10.3 Å². The third-order valence-electron chi connectivity index (χ3n) is 2.76. The van der Waals surface area contributed by atoms with E-state index in [1.54, 1.807) is 0 Å². The van der Waals surface area contributed by atoms with E-state index in [0.717, 1.165) is 12.1 Å². The average Bonchev–Trinajstić information content (AvgIpc) is 2.37. The van der Waals surface area contributed by atoms with Crippen LogP contribution < -0.4 is 15.5 Å². The monoisotopic (exact) mass is 274 g/mol. The minimum absolute atomic E-state index is 0.0114. The summed E-state index contributed by atoms with van der Waals surface area (Å²) >= 11 is 0. The van der Waals surface area contributed by atoms with Crippen molar-refractivity contribution < 1.29 is 18.0 Å². The van der Waals surface area contributed by atoms with E-state index in [4.69, 9.17) is 0 Å². The fourth-order valence-electron chi connectivity index (χ4n) is 1.80. The Hall–Kier alpha value is -1.99. The summed E-state index contributed by atoms with van der Waals surface area (Å²) in [5.74, 6) is 0.0429. The molecular weight excluding hydrogens is 261 g/mol. The summed E-state index contributed by atoms with van der Waals surface area (Å²) in [5.41, 5.74) is -0.784. The maximum atomic E-state index is 12.8. The van der Waals surface area contributed by atoms with Crippen LogP contribution >= 0.6 is 0 Å². The van der Waals surface area contributed by atoms with Crippen LogP contribution in [-0.4, -0.2) is 37.6 Å². The largest absolute Gasteiger partial charge is 0.416 e. The van der Waals surface area contributed by atoms with Gasteiger partial charge in [-0.05, 0) is 12.1 Å². The third kappa shape index (κ3) is 3.07. The Morgan fingerprint density at radius 1 is 1.42 bits per heavy atom. The van der Waals surface area contributed by atoms with Crippen LogP contribution in [-0.2, 0) is 11.0 Å². The van der Waals surface area contributed by atoms with Gasteiger partial charge in [0, 0.05) is 20.1 Å². The lowest BCUT2D eigenvalue weighted by atomic mass is 10.2. The van der Waals surface area contributed by atoms with Crippen molar-refractivity contribution in [2.75, 3.05) is 36.9 Å². The second-order valence-electron chi connectivity index (χ2n) is 4.12. The molecule has 1 aliphatic heterocycles. The first-order chi connectivity index (χ1) is 8.90. The highest BCUT2D eigenvalue weighted by Gasteiger charge is 2.32. The number of carbonyl (C=O) groups excluding carboxylic acids is 1. The van der Waals surface area contributed by atoms with E-state index >= 15 is 0 Å². The quantitative estimate of drug-likeness (QED) is 0.847. The van der Waals surface area contributed by atoms with E-state index in [1.165, 1.54) is 11.9 Å². The molecule has 1 aromatic rings. The fraction of sp³-hybridized carbons (Fsp3) is 0.455. The van der Waals surface area contributed by atoms with Crippen LogP contribution in [0.1, 0.15) is 5.56 Å². The first-order valence-electron chi connectivity index (χ1n) is 5.69. The highest BCUT2D eigenvalue weighted by atomic mass is 19.4. The molecule has 2 heterocycles. The lowest BCUT2D eigenvalue weighted by Gasteiger charge is -2.28. The number of halogens is 3. The van der Waals surface area contributed by atoms with Gasteiger partial charge in [-0.25, -0.2) is 4.98 Å². The Balaban J connectivity index is 2.36. The number of nitrogens with zero attached hydrogens (tertiary/aromatic N) is 2. The van der Waals surface area contributed by atoms with Crippen molar-refractivity contribution in [3.63, 3.8) is 0 Å². The topological polar surface area (TPSA) is 57.3 Å². The number of rotatable bonds is 2. The number of hydrogen-bond donors (Lipinski definition) is 2. The van der Waals surface area contributed by atoms with Crippen LogP contribution in [0.4, 0.5) is 24.8 Å². The van der Waals surface area contributed by atoms with E-state index in [1.807, 2.05) is 0 Å². The lowest BCUT2D eigenvalue weighted by molar-refractivity contribution is -0.137. The Morgan fingerprint density at radius 3 is 2.74 bits per heavy atom. The molecule has 1 fully saturated rings. The summed E-state index contributed by atoms with van der Waals surface area (Å²) in [6.45, 7) is 0.840. The highest BCUT2D eigenvalue weighted by molar-refractivity contribution is 5.82. The molecule has 1 aromatic heterocycles. The molecule has 8 heteroatoms. The number of nitrogens with one attached hydrogen (secondary N) is 2. The van der Waals surface area contributed by atoms with Crippen molar-refractivity contribution in [1.29, 1.82) is 0 Å². The molecule has 0 radical (unpaired) electrons. The molecule has 104 valence electrons. The maximum absolute atomic E-state index is 12.8. The average molecular weight is 274 g/mol. The van der Waals surface area contributed by atoms with Gasteiger partial charge in [0.25, 0.3) is 0 Å². The normalized spacial score (nSPS) is 16.2. The van der Waals surface area contributed by atoms with E-state index in [-0.39, 0.29) is 24.1 Å². The molecule has 0 aliphatic carbocycles. The van der Waals surface area contributed by atoms with Gasteiger partial charge in [0.2, 0.25) is 5.91 Å². The van der Waals surface area contributed by atoms with Crippen LogP contribution in [0.15, 0.2) is 12.1 Å². The SMILES string of the molecule is CNc1cc(C(F)(F)F)cc(N2CCNC(=O)C2)n1. The first-order valence-corrected chi connectivity index (χ1v) is 5.69. The van der Waals surface area contributed by atoms with E-state index < -0.39 is 11.7 Å². The molecule has 2 N–H and O–H groups in total. The lowest BCUT2D eigenvalue weighted by Crippen LogP contribution is -2.48. The van der Waals surface area contributed by atoms with Crippen molar-refractivity contribution in [2.45, 2.75) is 6.18 Å². The number of pyridine rings is 1. The molecule has 0 spiro atoms. The van der Waals surface area contributed by atoms with Crippen molar-refractivity contribution in [3.8, 4) is 0 Å². The Kier molecular flexibility index (Phi) is 3.50. The first kappa shape index (κ1) is 13.4. The molecule has 1 amide bonds. The van der Waals surface area contributed by atoms with Crippen LogP contribution in [0.2, 0.25) is 0 Å². The van der Waals surface area contributed by atoms with Crippen LogP contribution in [0.25, 0.3) is 0 Å². The molecule has 0 atom stereocenters. The summed E-state index contributed by atoms with van der Waals surface area (Å²) in [4.78, 5) is 16.8. The number of amides is 1. The number of anilines is 2. The van der Waals surface area contributed by atoms with Crippen molar-refractivity contribution in [2.24, 2.45) is 0 Å². The third-order valence-corrected chi connectivity index (χ3v) is 2.76. The summed E-state index contributed by atoms with van der Waals surface area (Å²) in [6.07, 6.45) is -4.44. The predicted molar refractivity (Wildman–Crippen MR) is 64.0 cm³/mol. The van der Waals surface area contributed by atoms with Crippen molar-refractivity contribution >= 4 is 17.5 Å². The maximum Gasteiger partial charge on any atom is 0.416 e. The zero-order valence-corrected chi connectivity index (χ0v) is 10.2. The van der Waals surface area contributed by atoms with E-state index in [0.29, 0.717) is 13.1 Å². The number of alkyl halides is 3. The van der Waals surface area contributed by atoms with Gasteiger partial charge in [0.1, 0.15) is 11.6 Å². The molecule has 0 bridgehead atoms. The zero-order chi connectivity index (χ0) is 14.0.